The Morgan fingerprint density at radius 2 is 2.18 bits per heavy atom. The van der Waals surface area contributed by atoms with Crippen LogP contribution < -0.4 is 0 Å². The molecule has 0 aliphatic heterocycles. The van der Waals surface area contributed by atoms with Gasteiger partial charge in [-0.1, -0.05) is 20.3 Å². The zero-order valence-corrected chi connectivity index (χ0v) is 6.92. The van der Waals surface area contributed by atoms with E-state index in [4.69, 9.17) is 10.4 Å². The van der Waals surface area contributed by atoms with Crippen LogP contribution in [-0.2, 0) is 4.79 Å². The second kappa shape index (κ2) is 3.97. The maximum atomic E-state index is 10.7. The van der Waals surface area contributed by atoms with Crippen LogP contribution in [0.25, 0.3) is 0 Å². The number of carboxylic acid groups (broad SMARTS) is 1. The average molecular weight is 155 g/mol. The molecule has 0 spiro atoms. The Balaban J connectivity index is 4.50. The maximum Gasteiger partial charge on any atom is 0.324 e. The van der Waals surface area contributed by atoms with Crippen molar-refractivity contribution in [3.8, 4) is 6.07 Å². The van der Waals surface area contributed by atoms with Crippen molar-refractivity contribution in [3.63, 3.8) is 0 Å². The van der Waals surface area contributed by atoms with Crippen LogP contribution in [0.4, 0.5) is 0 Å². The van der Waals surface area contributed by atoms with Crippen LogP contribution in [0.5, 0.6) is 0 Å². The second-order valence-electron chi connectivity index (χ2n) is 2.60. The maximum absolute atomic E-state index is 10.7. The van der Waals surface area contributed by atoms with E-state index in [-0.39, 0.29) is 0 Å². The van der Waals surface area contributed by atoms with Gasteiger partial charge in [0, 0.05) is 0 Å². The highest BCUT2D eigenvalue weighted by molar-refractivity contribution is 5.77. The summed E-state index contributed by atoms with van der Waals surface area (Å²) in [5, 5.41) is 17.4. The van der Waals surface area contributed by atoms with Crippen molar-refractivity contribution in [3.05, 3.63) is 0 Å². The fourth-order valence-electron chi connectivity index (χ4n) is 1.04. The number of nitrogens with zero attached hydrogens (tertiary/aromatic N) is 1. The van der Waals surface area contributed by atoms with E-state index in [1.165, 1.54) is 0 Å². The van der Waals surface area contributed by atoms with Gasteiger partial charge in [-0.25, -0.2) is 0 Å². The molecule has 0 aromatic rings. The van der Waals surface area contributed by atoms with E-state index in [0.717, 1.165) is 6.42 Å². The van der Waals surface area contributed by atoms with Gasteiger partial charge >= 0.3 is 5.97 Å². The van der Waals surface area contributed by atoms with Gasteiger partial charge in [0.1, 0.15) is 0 Å². The smallest absolute Gasteiger partial charge is 0.324 e. The molecule has 1 unspecified atom stereocenters. The molecule has 0 fully saturated rings. The molecule has 62 valence electrons. The summed E-state index contributed by atoms with van der Waals surface area (Å²) in [6.07, 6.45) is 1.55. The Morgan fingerprint density at radius 3 is 2.27 bits per heavy atom. The quantitative estimate of drug-likeness (QED) is 0.673. The Hall–Kier alpha value is -1.04. The monoisotopic (exact) mass is 155 g/mol. The minimum absolute atomic E-state index is 0.382. The highest BCUT2D eigenvalue weighted by Gasteiger charge is 2.35. The predicted molar refractivity (Wildman–Crippen MR) is 40.9 cm³/mol. The summed E-state index contributed by atoms with van der Waals surface area (Å²) in [6, 6.07) is 1.87. The van der Waals surface area contributed by atoms with E-state index < -0.39 is 11.4 Å². The molecule has 0 aliphatic rings. The van der Waals surface area contributed by atoms with E-state index >= 15 is 0 Å². The minimum atomic E-state index is -1.14. The topological polar surface area (TPSA) is 61.1 Å². The van der Waals surface area contributed by atoms with E-state index in [0.29, 0.717) is 12.8 Å². The normalized spacial score (nSPS) is 15.0. The largest absolute Gasteiger partial charge is 0.480 e. The molecule has 0 rings (SSSR count). The van der Waals surface area contributed by atoms with E-state index in [1.807, 2.05) is 13.0 Å². The van der Waals surface area contributed by atoms with Crippen molar-refractivity contribution in [1.29, 1.82) is 5.26 Å². The summed E-state index contributed by atoms with van der Waals surface area (Å²) in [6.45, 7) is 3.61. The van der Waals surface area contributed by atoms with Gasteiger partial charge in [0.25, 0.3) is 0 Å². The van der Waals surface area contributed by atoms with Crippen LogP contribution >= 0.6 is 0 Å². The number of aliphatic carboxylic acids is 1. The Kier molecular flexibility index (Phi) is 3.59. The molecular weight excluding hydrogens is 142 g/mol. The lowest BCUT2D eigenvalue weighted by Gasteiger charge is -2.17. The van der Waals surface area contributed by atoms with Gasteiger partial charge in [0.2, 0.25) is 0 Å². The summed E-state index contributed by atoms with van der Waals surface area (Å²) in [5.41, 5.74) is -1.14. The number of carbonyl (C=O) groups is 1. The fraction of sp³-hybridized carbons (Fsp3) is 0.750. The lowest BCUT2D eigenvalue weighted by Crippen LogP contribution is -2.28. The first-order chi connectivity index (χ1) is 5.13. The summed E-state index contributed by atoms with van der Waals surface area (Å²) in [5.74, 6) is -0.996. The number of hydrogen-bond donors (Lipinski definition) is 1. The Bertz CT molecular complexity index is 183. The molecule has 1 atom stereocenters. The standard InChI is InChI=1S/C8H13NO2/c1-3-5-8(4-2,6-9)7(10)11/h3-5H2,1-2H3,(H,10,11). The van der Waals surface area contributed by atoms with Gasteiger partial charge in [-0.15, -0.1) is 0 Å². The lowest BCUT2D eigenvalue weighted by molar-refractivity contribution is -0.146. The molecular formula is C8H13NO2. The van der Waals surface area contributed by atoms with Crippen LogP contribution in [0, 0.1) is 16.7 Å². The van der Waals surface area contributed by atoms with Crippen LogP contribution in [0.15, 0.2) is 0 Å². The number of rotatable bonds is 4. The van der Waals surface area contributed by atoms with Crippen LogP contribution in [-0.4, -0.2) is 11.1 Å². The molecule has 0 aromatic carbocycles. The van der Waals surface area contributed by atoms with Gasteiger partial charge in [-0.2, -0.15) is 5.26 Å². The molecule has 1 N–H and O–H groups in total. The molecule has 3 heteroatoms. The number of carboxylic acids is 1. The summed E-state index contributed by atoms with van der Waals surface area (Å²) in [7, 11) is 0. The first-order valence-corrected chi connectivity index (χ1v) is 3.77. The van der Waals surface area contributed by atoms with Gasteiger partial charge in [-0.3, -0.25) is 4.79 Å². The number of hydrogen-bond acceptors (Lipinski definition) is 2. The van der Waals surface area contributed by atoms with Crippen LogP contribution in [0.2, 0.25) is 0 Å². The molecule has 0 saturated heterocycles. The molecule has 11 heavy (non-hydrogen) atoms. The average Bonchev–Trinajstić information content (AvgIpc) is 2.00. The molecule has 3 nitrogen and oxygen atoms in total. The molecule has 0 saturated carbocycles. The van der Waals surface area contributed by atoms with E-state index in [1.54, 1.807) is 6.92 Å². The van der Waals surface area contributed by atoms with Crippen molar-refractivity contribution in [2.24, 2.45) is 5.41 Å². The Morgan fingerprint density at radius 1 is 1.64 bits per heavy atom. The molecule has 0 aliphatic carbocycles. The SMILES string of the molecule is CCCC(C#N)(CC)C(=O)O. The minimum Gasteiger partial charge on any atom is -0.480 e. The molecule has 0 heterocycles. The zero-order valence-electron chi connectivity index (χ0n) is 6.92. The van der Waals surface area contributed by atoms with Crippen molar-refractivity contribution >= 4 is 5.97 Å². The van der Waals surface area contributed by atoms with Crippen LogP contribution in [0.3, 0.4) is 0 Å². The second-order valence-corrected chi connectivity index (χ2v) is 2.60. The lowest BCUT2D eigenvalue weighted by atomic mass is 9.82. The molecule has 0 radical (unpaired) electrons. The van der Waals surface area contributed by atoms with Crippen molar-refractivity contribution in [2.75, 3.05) is 0 Å². The third kappa shape index (κ3) is 1.94. The molecule has 0 bridgehead atoms. The van der Waals surface area contributed by atoms with E-state index in [9.17, 15) is 4.79 Å². The zero-order chi connectivity index (χ0) is 8.91. The summed E-state index contributed by atoms with van der Waals surface area (Å²) >= 11 is 0. The first kappa shape index (κ1) is 9.96. The van der Waals surface area contributed by atoms with Gasteiger partial charge in [0.15, 0.2) is 5.41 Å². The van der Waals surface area contributed by atoms with Crippen molar-refractivity contribution < 1.29 is 9.90 Å². The van der Waals surface area contributed by atoms with E-state index in [2.05, 4.69) is 0 Å². The number of nitriles is 1. The Labute approximate surface area is 66.6 Å². The summed E-state index contributed by atoms with van der Waals surface area (Å²) < 4.78 is 0. The van der Waals surface area contributed by atoms with Crippen molar-refractivity contribution in [2.45, 2.75) is 33.1 Å². The highest BCUT2D eigenvalue weighted by atomic mass is 16.4. The highest BCUT2D eigenvalue weighted by Crippen LogP contribution is 2.27. The fourth-order valence-corrected chi connectivity index (χ4v) is 1.04. The predicted octanol–water partition coefficient (Wildman–Crippen LogP) is 1.79. The van der Waals surface area contributed by atoms with Gasteiger partial charge < -0.3 is 5.11 Å². The molecule has 0 aromatic heterocycles. The summed E-state index contributed by atoms with van der Waals surface area (Å²) in [4.78, 5) is 10.7. The first-order valence-electron chi connectivity index (χ1n) is 3.77. The third-order valence-corrected chi connectivity index (χ3v) is 1.90. The molecule has 0 amide bonds. The van der Waals surface area contributed by atoms with Crippen molar-refractivity contribution in [1.82, 2.24) is 0 Å². The van der Waals surface area contributed by atoms with Gasteiger partial charge in [-0.05, 0) is 12.8 Å². The van der Waals surface area contributed by atoms with Gasteiger partial charge in [0.05, 0.1) is 6.07 Å². The van der Waals surface area contributed by atoms with Crippen LogP contribution in [0.1, 0.15) is 33.1 Å². The third-order valence-electron chi connectivity index (χ3n) is 1.90.